The van der Waals surface area contributed by atoms with Gasteiger partial charge in [-0.1, -0.05) is 0 Å². The lowest BCUT2D eigenvalue weighted by molar-refractivity contribution is -0.140. The Hall–Kier alpha value is -1.70. The molecule has 1 aromatic carbocycles. The number of methoxy groups -OCH3 is 1. The Balaban J connectivity index is 2.91. The van der Waals surface area contributed by atoms with E-state index < -0.39 is 29.2 Å². The Bertz CT molecular complexity index is 514. The number of halogens is 3. The van der Waals surface area contributed by atoms with Gasteiger partial charge in [0.25, 0.3) is 0 Å². The van der Waals surface area contributed by atoms with Crippen LogP contribution in [0.1, 0.15) is 22.3 Å². The molecule has 0 radical (unpaired) electrons. The van der Waals surface area contributed by atoms with Crippen LogP contribution in [-0.2, 0) is 15.7 Å². The first-order valence-corrected chi connectivity index (χ1v) is 6.38. The molecule has 8 heteroatoms. The number of thioether (sulfide) groups is 1. The number of benzene rings is 1. The number of hydrogen-bond donors (Lipinski definition) is 1. The molecule has 1 aromatic rings. The summed E-state index contributed by atoms with van der Waals surface area (Å²) < 4.78 is 41.9. The Morgan fingerprint density at radius 1 is 1.35 bits per heavy atom. The van der Waals surface area contributed by atoms with E-state index in [1.54, 1.807) is 0 Å². The van der Waals surface area contributed by atoms with Gasteiger partial charge in [-0.2, -0.15) is 13.2 Å². The highest BCUT2D eigenvalue weighted by Crippen LogP contribution is 2.33. The normalized spacial score (nSPS) is 11.2. The third-order valence-electron chi connectivity index (χ3n) is 2.33. The van der Waals surface area contributed by atoms with E-state index in [0.717, 1.165) is 23.9 Å². The van der Waals surface area contributed by atoms with Gasteiger partial charge in [0.2, 0.25) is 0 Å². The molecule has 0 bridgehead atoms. The minimum absolute atomic E-state index is 0.0429. The van der Waals surface area contributed by atoms with E-state index in [1.807, 2.05) is 0 Å². The number of aromatic carboxylic acids is 1. The van der Waals surface area contributed by atoms with Gasteiger partial charge < -0.3 is 9.84 Å². The topological polar surface area (TPSA) is 63.6 Å². The van der Waals surface area contributed by atoms with Gasteiger partial charge in [-0.25, -0.2) is 4.79 Å². The van der Waals surface area contributed by atoms with Gasteiger partial charge >= 0.3 is 18.1 Å². The quantitative estimate of drug-likeness (QED) is 0.669. The molecular formula is C12H11F3O4S. The van der Waals surface area contributed by atoms with E-state index in [1.165, 1.54) is 7.11 Å². The molecule has 0 atom stereocenters. The van der Waals surface area contributed by atoms with Crippen molar-refractivity contribution in [1.82, 2.24) is 0 Å². The summed E-state index contributed by atoms with van der Waals surface area (Å²) in [6.07, 6.45) is -4.55. The lowest BCUT2D eigenvalue weighted by Gasteiger charge is -2.10. The lowest BCUT2D eigenvalue weighted by atomic mass is 10.1. The van der Waals surface area contributed by atoms with Crippen LogP contribution in [0, 0.1) is 0 Å². The maximum atomic E-state index is 12.5. The molecule has 0 aliphatic carbocycles. The van der Waals surface area contributed by atoms with E-state index in [-0.39, 0.29) is 17.1 Å². The molecule has 0 saturated heterocycles. The van der Waals surface area contributed by atoms with Gasteiger partial charge in [0.05, 0.1) is 24.7 Å². The predicted molar refractivity (Wildman–Crippen MR) is 65.8 cm³/mol. The molecule has 110 valence electrons. The van der Waals surface area contributed by atoms with Gasteiger partial charge in [0, 0.05) is 10.6 Å². The SMILES string of the molecule is COC(=O)CCSc1ccc(C(F)(F)F)cc1C(=O)O. The van der Waals surface area contributed by atoms with Crippen molar-refractivity contribution >= 4 is 23.7 Å². The van der Waals surface area contributed by atoms with Gasteiger partial charge in [0.15, 0.2) is 0 Å². The van der Waals surface area contributed by atoms with Crippen LogP contribution in [0.15, 0.2) is 23.1 Å². The fraction of sp³-hybridized carbons (Fsp3) is 0.333. The minimum Gasteiger partial charge on any atom is -0.478 e. The van der Waals surface area contributed by atoms with E-state index in [4.69, 9.17) is 5.11 Å². The van der Waals surface area contributed by atoms with E-state index in [0.29, 0.717) is 6.07 Å². The van der Waals surface area contributed by atoms with E-state index >= 15 is 0 Å². The highest BCUT2D eigenvalue weighted by atomic mass is 32.2. The second kappa shape index (κ2) is 6.65. The van der Waals surface area contributed by atoms with Crippen LogP contribution in [0.4, 0.5) is 13.2 Å². The molecular weight excluding hydrogens is 297 g/mol. The lowest BCUT2D eigenvalue weighted by Crippen LogP contribution is -2.08. The monoisotopic (exact) mass is 308 g/mol. The van der Waals surface area contributed by atoms with Crippen LogP contribution in [0.3, 0.4) is 0 Å². The summed E-state index contributed by atoms with van der Waals surface area (Å²) in [7, 11) is 1.22. The van der Waals surface area contributed by atoms with Crippen LogP contribution < -0.4 is 0 Å². The zero-order chi connectivity index (χ0) is 15.3. The molecule has 1 rings (SSSR count). The zero-order valence-corrected chi connectivity index (χ0v) is 11.2. The fourth-order valence-electron chi connectivity index (χ4n) is 1.35. The van der Waals surface area contributed by atoms with Crippen molar-refractivity contribution in [2.24, 2.45) is 0 Å². The van der Waals surface area contributed by atoms with E-state index in [2.05, 4.69) is 4.74 Å². The van der Waals surface area contributed by atoms with Crippen molar-refractivity contribution in [3.63, 3.8) is 0 Å². The summed E-state index contributed by atoms with van der Waals surface area (Å²) in [5, 5.41) is 8.94. The van der Waals surface area contributed by atoms with Crippen LogP contribution in [-0.4, -0.2) is 29.9 Å². The minimum atomic E-state index is -4.60. The van der Waals surface area contributed by atoms with Crippen molar-refractivity contribution < 1.29 is 32.6 Å². The number of hydrogen-bond acceptors (Lipinski definition) is 4. The number of ether oxygens (including phenoxy) is 1. The molecule has 0 spiro atoms. The van der Waals surface area contributed by atoms with Crippen molar-refractivity contribution in [3.05, 3.63) is 29.3 Å². The van der Waals surface area contributed by atoms with Gasteiger partial charge in [0.1, 0.15) is 0 Å². The zero-order valence-electron chi connectivity index (χ0n) is 10.4. The molecule has 0 aromatic heterocycles. The molecule has 0 saturated carbocycles. The number of carbonyl (C=O) groups is 2. The first-order valence-electron chi connectivity index (χ1n) is 5.40. The Morgan fingerprint density at radius 2 is 2.00 bits per heavy atom. The highest BCUT2D eigenvalue weighted by molar-refractivity contribution is 7.99. The summed E-state index contributed by atoms with van der Waals surface area (Å²) in [4.78, 5) is 22.1. The summed E-state index contributed by atoms with van der Waals surface area (Å²) >= 11 is 0.989. The second-order valence-corrected chi connectivity index (χ2v) is 4.83. The van der Waals surface area contributed by atoms with Crippen molar-refractivity contribution in [2.45, 2.75) is 17.5 Å². The maximum Gasteiger partial charge on any atom is 0.416 e. The fourth-order valence-corrected chi connectivity index (χ4v) is 2.30. The van der Waals surface area contributed by atoms with Gasteiger partial charge in [-0.15, -0.1) is 11.8 Å². The summed E-state index contributed by atoms with van der Waals surface area (Å²) in [5.74, 6) is -1.70. The van der Waals surface area contributed by atoms with Gasteiger partial charge in [-0.3, -0.25) is 4.79 Å². The number of rotatable bonds is 5. The molecule has 4 nitrogen and oxygen atoms in total. The van der Waals surface area contributed by atoms with Crippen LogP contribution in [0.2, 0.25) is 0 Å². The number of carboxylic acids is 1. The van der Waals surface area contributed by atoms with Crippen LogP contribution in [0.25, 0.3) is 0 Å². The number of esters is 1. The molecule has 0 heterocycles. The van der Waals surface area contributed by atoms with Crippen molar-refractivity contribution in [2.75, 3.05) is 12.9 Å². The molecule has 0 aliphatic heterocycles. The van der Waals surface area contributed by atoms with Crippen LogP contribution in [0.5, 0.6) is 0 Å². The maximum absolute atomic E-state index is 12.5. The summed E-state index contributed by atoms with van der Waals surface area (Å²) in [5.41, 5.74) is -1.46. The second-order valence-electron chi connectivity index (χ2n) is 3.69. The summed E-state index contributed by atoms with van der Waals surface area (Å²) in [6.45, 7) is 0. The third-order valence-corrected chi connectivity index (χ3v) is 3.40. The largest absolute Gasteiger partial charge is 0.478 e. The third kappa shape index (κ3) is 4.44. The number of carboxylic acid groups (broad SMARTS) is 1. The molecule has 1 N–H and O–H groups in total. The van der Waals surface area contributed by atoms with Crippen LogP contribution >= 0.6 is 11.8 Å². The average Bonchev–Trinajstić information content (AvgIpc) is 2.37. The molecule has 20 heavy (non-hydrogen) atoms. The summed E-state index contributed by atoms with van der Waals surface area (Å²) in [6, 6.07) is 2.49. The number of alkyl halides is 3. The molecule has 0 unspecified atom stereocenters. The number of carbonyl (C=O) groups excluding carboxylic acids is 1. The Labute approximate surface area is 116 Å². The molecule has 0 fully saturated rings. The van der Waals surface area contributed by atoms with Crippen molar-refractivity contribution in [1.29, 1.82) is 0 Å². The molecule has 0 amide bonds. The standard InChI is InChI=1S/C12H11F3O4S/c1-19-10(16)4-5-20-9-3-2-7(12(13,14)15)6-8(9)11(17)18/h2-3,6H,4-5H2,1H3,(H,17,18). The smallest absolute Gasteiger partial charge is 0.416 e. The Kier molecular flexibility index (Phi) is 5.43. The van der Waals surface area contributed by atoms with E-state index in [9.17, 15) is 22.8 Å². The average molecular weight is 308 g/mol. The van der Waals surface area contributed by atoms with Crippen molar-refractivity contribution in [3.8, 4) is 0 Å². The highest BCUT2D eigenvalue weighted by Gasteiger charge is 2.31. The Morgan fingerprint density at radius 3 is 2.50 bits per heavy atom. The van der Waals surface area contributed by atoms with Gasteiger partial charge in [-0.05, 0) is 18.2 Å². The first-order chi connectivity index (χ1) is 9.25. The predicted octanol–water partition coefficient (Wildman–Crippen LogP) is 3.06. The first kappa shape index (κ1) is 16.4. The molecule has 0 aliphatic rings.